The van der Waals surface area contributed by atoms with Crippen molar-refractivity contribution in [3.63, 3.8) is 0 Å². The highest BCUT2D eigenvalue weighted by Gasteiger charge is 2.09. The van der Waals surface area contributed by atoms with Crippen LogP contribution in [0.15, 0.2) is 97.1 Å². The van der Waals surface area contributed by atoms with Gasteiger partial charge in [-0.15, -0.1) is 0 Å². The number of rotatable bonds is 20. The van der Waals surface area contributed by atoms with Crippen molar-refractivity contribution in [3.05, 3.63) is 130 Å². The van der Waals surface area contributed by atoms with Crippen LogP contribution in [0.5, 0.6) is 0 Å². The van der Waals surface area contributed by atoms with Gasteiger partial charge in [-0.2, -0.15) is 0 Å². The molecule has 4 aromatic rings. The number of hydrogen-bond donors (Lipinski definition) is 2. The molecule has 0 aliphatic heterocycles. The van der Waals surface area contributed by atoms with E-state index in [4.69, 9.17) is 11.5 Å². The Balaban J connectivity index is 0.938. The first-order chi connectivity index (χ1) is 22.0. The van der Waals surface area contributed by atoms with E-state index >= 15 is 0 Å². The van der Waals surface area contributed by atoms with Crippen molar-refractivity contribution < 1.29 is 0 Å². The SMILES string of the molecule is CC(c1ccc(N)cc1)c1ccc(CCCCCCCCCCCCCCCc2ccc(C(C)c3ccc(N)cc3)cc2)cc1. The second-order valence-corrected chi connectivity index (χ2v) is 13.4. The molecular formula is C43H58N2. The lowest BCUT2D eigenvalue weighted by Gasteiger charge is -2.13. The van der Waals surface area contributed by atoms with Crippen molar-refractivity contribution in [1.29, 1.82) is 0 Å². The third kappa shape index (κ3) is 12.1. The monoisotopic (exact) mass is 602 g/mol. The van der Waals surface area contributed by atoms with Gasteiger partial charge in [0, 0.05) is 23.2 Å². The number of hydrogen-bond acceptors (Lipinski definition) is 2. The van der Waals surface area contributed by atoms with Gasteiger partial charge in [0.1, 0.15) is 0 Å². The minimum Gasteiger partial charge on any atom is -0.399 e. The molecule has 0 aliphatic carbocycles. The molecule has 0 fully saturated rings. The molecule has 0 amide bonds. The number of nitrogen functional groups attached to an aromatic ring is 2. The van der Waals surface area contributed by atoms with Gasteiger partial charge in [0.2, 0.25) is 0 Å². The summed E-state index contributed by atoms with van der Waals surface area (Å²) in [6.07, 6.45) is 20.4. The van der Waals surface area contributed by atoms with Gasteiger partial charge in [-0.05, 0) is 83.3 Å². The molecule has 240 valence electrons. The van der Waals surface area contributed by atoms with Crippen molar-refractivity contribution in [2.24, 2.45) is 0 Å². The van der Waals surface area contributed by atoms with Crippen LogP contribution in [0.2, 0.25) is 0 Å². The molecule has 0 saturated heterocycles. The maximum absolute atomic E-state index is 5.84. The predicted molar refractivity (Wildman–Crippen MR) is 197 cm³/mol. The zero-order chi connectivity index (χ0) is 31.7. The lowest BCUT2D eigenvalue weighted by atomic mass is 9.92. The molecule has 0 heterocycles. The highest BCUT2D eigenvalue weighted by Crippen LogP contribution is 2.27. The van der Waals surface area contributed by atoms with Crippen LogP contribution in [0.4, 0.5) is 11.4 Å². The fourth-order valence-corrected chi connectivity index (χ4v) is 6.50. The smallest absolute Gasteiger partial charge is 0.0314 e. The Hall–Kier alpha value is -3.52. The summed E-state index contributed by atoms with van der Waals surface area (Å²) in [5.74, 6) is 0.798. The average Bonchev–Trinajstić information content (AvgIpc) is 3.07. The zero-order valence-corrected chi connectivity index (χ0v) is 28.2. The van der Waals surface area contributed by atoms with Gasteiger partial charge in [0.05, 0.1) is 0 Å². The molecule has 0 aromatic heterocycles. The minimum absolute atomic E-state index is 0.399. The molecule has 2 nitrogen and oxygen atoms in total. The fraction of sp³-hybridized carbons (Fsp3) is 0.442. The first-order valence-electron chi connectivity index (χ1n) is 17.9. The van der Waals surface area contributed by atoms with Gasteiger partial charge in [-0.3, -0.25) is 0 Å². The van der Waals surface area contributed by atoms with E-state index in [1.54, 1.807) is 0 Å². The number of benzene rings is 4. The number of unbranched alkanes of at least 4 members (excludes halogenated alkanes) is 12. The van der Waals surface area contributed by atoms with E-state index < -0.39 is 0 Å². The van der Waals surface area contributed by atoms with Gasteiger partial charge < -0.3 is 11.5 Å². The third-order valence-electron chi connectivity index (χ3n) is 9.76. The quantitative estimate of drug-likeness (QED) is 0.0781. The fourth-order valence-electron chi connectivity index (χ4n) is 6.50. The topological polar surface area (TPSA) is 52.0 Å². The molecule has 4 N–H and O–H groups in total. The zero-order valence-electron chi connectivity index (χ0n) is 28.2. The Morgan fingerprint density at radius 2 is 0.556 bits per heavy atom. The Kier molecular flexibility index (Phi) is 14.6. The number of nitrogens with two attached hydrogens (primary N) is 2. The predicted octanol–water partition coefficient (Wildman–Crippen LogP) is 12.0. The molecule has 0 aliphatic rings. The molecule has 0 spiro atoms. The summed E-state index contributed by atoms with van der Waals surface area (Å²) < 4.78 is 0. The van der Waals surface area contributed by atoms with Gasteiger partial charge in [-0.25, -0.2) is 0 Å². The molecule has 0 bridgehead atoms. The summed E-state index contributed by atoms with van der Waals surface area (Å²) in [6.45, 7) is 4.55. The lowest BCUT2D eigenvalue weighted by Crippen LogP contribution is -1.97. The minimum atomic E-state index is 0.399. The van der Waals surface area contributed by atoms with E-state index in [2.05, 4.69) is 86.6 Å². The van der Waals surface area contributed by atoms with Gasteiger partial charge in [0.15, 0.2) is 0 Å². The molecule has 0 saturated carbocycles. The molecule has 2 heteroatoms. The molecule has 0 radical (unpaired) electrons. The largest absolute Gasteiger partial charge is 0.399 e. The normalized spacial score (nSPS) is 12.7. The molecule has 4 aromatic carbocycles. The van der Waals surface area contributed by atoms with E-state index in [9.17, 15) is 0 Å². The summed E-state index contributed by atoms with van der Waals surface area (Å²) in [6, 6.07) is 35.1. The number of anilines is 2. The number of aryl methyl sites for hydroxylation is 2. The third-order valence-corrected chi connectivity index (χ3v) is 9.76. The highest BCUT2D eigenvalue weighted by molar-refractivity contribution is 5.44. The van der Waals surface area contributed by atoms with Crippen molar-refractivity contribution in [2.75, 3.05) is 11.5 Å². The second kappa shape index (κ2) is 19.1. The molecule has 45 heavy (non-hydrogen) atoms. The Morgan fingerprint density at radius 1 is 0.333 bits per heavy atom. The van der Waals surface area contributed by atoms with E-state index in [1.807, 2.05) is 24.3 Å². The van der Waals surface area contributed by atoms with Crippen molar-refractivity contribution in [3.8, 4) is 0 Å². The summed E-state index contributed by atoms with van der Waals surface area (Å²) in [5.41, 5.74) is 21.7. The molecule has 2 atom stereocenters. The molecule has 2 unspecified atom stereocenters. The maximum Gasteiger partial charge on any atom is 0.0314 e. The molecular weight excluding hydrogens is 544 g/mol. The maximum atomic E-state index is 5.84. The van der Waals surface area contributed by atoms with Crippen LogP contribution in [-0.4, -0.2) is 0 Å². The van der Waals surface area contributed by atoms with Crippen LogP contribution >= 0.6 is 0 Å². The summed E-state index contributed by atoms with van der Waals surface area (Å²) in [7, 11) is 0. The Morgan fingerprint density at radius 3 is 0.822 bits per heavy atom. The van der Waals surface area contributed by atoms with Crippen LogP contribution < -0.4 is 11.5 Å². The summed E-state index contributed by atoms with van der Waals surface area (Å²) in [4.78, 5) is 0. The van der Waals surface area contributed by atoms with Crippen molar-refractivity contribution in [1.82, 2.24) is 0 Å². The van der Waals surface area contributed by atoms with E-state index in [0.717, 1.165) is 11.4 Å². The summed E-state index contributed by atoms with van der Waals surface area (Å²) >= 11 is 0. The van der Waals surface area contributed by atoms with Crippen LogP contribution in [0.25, 0.3) is 0 Å². The second-order valence-electron chi connectivity index (χ2n) is 13.4. The van der Waals surface area contributed by atoms with Gasteiger partial charge in [0.25, 0.3) is 0 Å². The van der Waals surface area contributed by atoms with E-state index in [1.165, 1.54) is 130 Å². The first kappa shape index (κ1) is 34.4. The Labute approximate surface area is 274 Å². The Bertz CT molecular complexity index is 1230. The van der Waals surface area contributed by atoms with Crippen LogP contribution in [0, 0.1) is 0 Å². The van der Waals surface area contributed by atoms with Crippen molar-refractivity contribution >= 4 is 11.4 Å². The van der Waals surface area contributed by atoms with Gasteiger partial charge in [-0.1, -0.05) is 157 Å². The molecule has 4 rings (SSSR count). The lowest BCUT2D eigenvalue weighted by molar-refractivity contribution is 0.536. The summed E-state index contributed by atoms with van der Waals surface area (Å²) in [5, 5.41) is 0. The van der Waals surface area contributed by atoms with Crippen LogP contribution in [0.1, 0.15) is 143 Å². The first-order valence-corrected chi connectivity index (χ1v) is 17.9. The van der Waals surface area contributed by atoms with E-state index in [0.29, 0.717) is 11.8 Å². The van der Waals surface area contributed by atoms with Crippen LogP contribution in [-0.2, 0) is 12.8 Å². The van der Waals surface area contributed by atoms with Gasteiger partial charge >= 0.3 is 0 Å². The van der Waals surface area contributed by atoms with Crippen LogP contribution in [0.3, 0.4) is 0 Å². The van der Waals surface area contributed by atoms with E-state index in [-0.39, 0.29) is 0 Å². The standard InChI is InChI=1S/C43H58N2/c1-34(40-26-30-42(44)31-27-40)38-22-18-36(19-23-38)16-14-12-10-8-6-4-3-5-7-9-11-13-15-17-37-20-24-39(25-21-37)35(2)41-28-32-43(45)33-29-41/h18-35H,3-17,44-45H2,1-2H3. The highest BCUT2D eigenvalue weighted by atomic mass is 14.5. The van der Waals surface area contributed by atoms with Crippen molar-refractivity contribution in [2.45, 2.75) is 122 Å². The average molecular weight is 603 g/mol.